The summed E-state index contributed by atoms with van der Waals surface area (Å²) in [6, 6.07) is 14.2. The van der Waals surface area contributed by atoms with Gasteiger partial charge in [0.1, 0.15) is 11.6 Å². The molecule has 5 nitrogen and oxygen atoms in total. The van der Waals surface area contributed by atoms with Gasteiger partial charge in [0.05, 0.1) is 27.2 Å². The highest BCUT2D eigenvalue weighted by molar-refractivity contribution is 5.74. The molecule has 0 aliphatic carbocycles. The summed E-state index contributed by atoms with van der Waals surface area (Å²) in [7, 11) is 3.82. The molecule has 1 fully saturated rings. The Bertz CT molecular complexity index is 756. The van der Waals surface area contributed by atoms with Crippen LogP contribution >= 0.6 is 0 Å². The molecule has 0 aromatic heterocycles. The second-order valence-corrected chi connectivity index (χ2v) is 7.45. The minimum Gasteiger partial charge on any atom is -0.497 e. The van der Waals surface area contributed by atoms with Gasteiger partial charge in [-0.3, -0.25) is 0 Å². The maximum absolute atomic E-state index is 13.2. The zero-order chi connectivity index (χ0) is 19.9. The average molecular weight is 386 g/mol. The van der Waals surface area contributed by atoms with Gasteiger partial charge in [0.2, 0.25) is 0 Å². The lowest BCUT2D eigenvalue weighted by atomic mass is 10.0. The van der Waals surface area contributed by atoms with Crippen molar-refractivity contribution < 1.29 is 18.8 Å². The molecule has 2 aromatic rings. The van der Waals surface area contributed by atoms with Crippen molar-refractivity contribution in [1.29, 1.82) is 0 Å². The van der Waals surface area contributed by atoms with Gasteiger partial charge >= 0.3 is 6.03 Å². The summed E-state index contributed by atoms with van der Waals surface area (Å²) in [6.07, 6.45) is 1.95. The quantitative estimate of drug-likeness (QED) is 0.800. The van der Waals surface area contributed by atoms with E-state index >= 15 is 0 Å². The summed E-state index contributed by atoms with van der Waals surface area (Å²) in [5.74, 6) is 0.531. The third kappa shape index (κ3) is 5.45. The van der Waals surface area contributed by atoms with E-state index in [0.717, 1.165) is 42.8 Å². The van der Waals surface area contributed by atoms with Crippen LogP contribution < -0.4 is 15.0 Å². The van der Waals surface area contributed by atoms with Gasteiger partial charge in [0.25, 0.3) is 0 Å². The van der Waals surface area contributed by atoms with Gasteiger partial charge in [-0.05, 0) is 35.4 Å². The van der Waals surface area contributed by atoms with E-state index in [9.17, 15) is 9.18 Å². The number of nitrogens with one attached hydrogen (secondary N) is 2. The fourth-order valence-corrected chi connectivity index (χ4v) is 3.58. The fourth-order valence-electron chi connectivity index (χ4n) is 3.58. The molecule has 2 N–H and O–H groups in total. The Labute approximate surface area is 166 Å². The first kappa shape index (κ1) is 20.1. The Morgan fingerprint density at radius 3 is 2.32 bits per heavy atom. The SMILES string of the molecule is COc1ccc(CNC(=O)N(Cc2ccc(F)cc2)C2CC[NH+](C)CC2)cc1. The van der Waals surface area contributed by atoms with Crippen LogP contribution in [0, 0.1) is 5.82 Å². The second kappa shape index (κ2) is 9.55. The molecule has 1 aliphatic heterocycles. The molecule has 2 aromatic carbocycles. The number of benzene rings is 2. The van der Waals surface area contributed by atoms with E-state index in [2.05, 4.69) is 12.4 Å². The zero-order valence-corrected chi connectivity index (χ0v) is 16.6. The molecular weight excluding hydrogens is 357 g/mol. The van der Waals surface area contributed by atoms with Gasteiger partial charge < -0.3 is 19.9 Å². The summed E-state index contributed by atoms with van der Waals surface area (Å²) in [4.78, 5) is 16.4. The van der Waals surface area contributed by atoms with Crippen molar-refractivity contribution in [2.45, 2.75) is 32.0 Å². The number of amides is 2. The van der Waals surface area contributed by atoms with Crippen LogP contribution in [0.1, 0.15) is 24.0 Å². The number of ether oxygens (including phenoxy) is 1. The normalized spacial score (nSPS) is 19.1. The molecule has 2 amide bonds. The topological polar surface area (TPSA) is 46.0 Å². The van der Waals surface area contributed by atoms with Crippen molar-refractivity contribution in [2.24, 2.45) is 0 Å². The maximum Gasteiger partial charge on any atom is 0.318 e. The molecule has 0 spiro atoms. The summed E-state index contributed by atoms with van der Waals surface area (Å²) < 4.78 is 18.4. The summed E-state index contributed by atoms with van der Waals surface area (Å²) in [5, 5.41) is 3.04. The largest absolute Gasteiger partial charge is 0.497 e. The smallest absolute Gasteiger partial charge is 0.318 e. The van der Waals surface area contributed by atoms with Crippen LogP contribution in [-0.2, 0) is 13.1 Å². The van der Waals surface area contributed by atoms with E-state index in [1.165, 1.54) is 17.0 Å². The number of halogens is 1. The number of urea groups is 1. The van der Waals surface area contributed by atoms with Gasteiger partial charge in [-0.2, -0.15) is 0 Å². The van der Waals surface area contributed by atoms with Crippen molar-refractivity contribution in [3.63, 3.8) is 0 Å². The summed E-state index contributed by atoms with van der Waals surface area (Å²) >= 11 is 0. The highest BCUT2D eigenvalue weighted by Gasteiger charge is 2.28. The molecule has 1 heterocycles. The summed E-state index contributed by atoms with van der Waals surface area (Å²) in [5.41, 5.74) is 1.95. The van der Waals surface area contributed by atoms with Crippen LogP contribution in [0.25, 0.3) is 0 Å². The average Bonchev–Trinajstić information content (AvgIpc) is 2.73. The number of likely N-dealkylation sites (tertiary alicyclic amines) is 1. The number of carbonyl (C=O) groups is 1. The van der Waals surface area contributed by atoms with Gasteiger partial charge in [0, 0.05) is 32.0 Å². The zero-order valence-electron chi connectivity index (χ0n) is 16.6. The Morgan fingerprint density at radius 1 is 1.11 bits per heavy atom. The van der Waals surface area contributed by atoms with Crippen molar-refractivity contribution in [2.75, 3.05) is 27.2 Å². The van der Waals surface area contributed by atoms with Crippen LogP contribution in [0.2, 0.25) is 0 Å². The van der Waals surface area contributed by atoms with Crippen LogP contribution in [0.4, 0.5) is 9.18 Å². The minimum absolute atomic E-state index is 0.0790. The van der Waals surface area contributed by atoms with E-state index in [4.69, 9.17) is 4.74 Å². The Morgan fingerprint density at radius 2 is 1.71 bits per heavy atom. The molecule has 0 radical (unpaired) electrons. The highest BCUT2D eigenvalue weighted by Crippen LogP contribution is 2.16. The summed E-state index contributed by atoms with van der Waals surface area (Å²) in [6.45, 7) is 3.05. The van der Waals surface area contributed by atoms with E-state index < -0.39 is 0 Å². The molecular formula is C22H29FN3O2+. The number of methoxy groups -OCH3 is 1. The number of carbonyl (C=O) groups excluding carboxylic acids is 1. The lowest BCUT2D eigenvalue weighted by Crippen LogP contribution is -3.10. The van der Waals surface area contributed by atoms with E-state index in [1.54, 1.807) is 19.2 Å². The number of rotatable bonds is 6. The van der Waals surface area contributed by atoms with Crippen LogP contribution in [0.3, 0.4) is 0 Å². The van der Waals surface area contributed by atoms with Gasteiger partial charge in [-0.15, -0.1) is 0 Å². The standard InChI is InChI=1S/C22H28FN3O2/c1-25-13-11-20(12-14-25)26(16-18-3-7-19(23)8-4-18)22(27)24-15-17-5-9-21(28-2)10-6-17/h3-10,20H,11-16H2,1-2H3,(H,24,27)/p+1. The number of hydrogen-bond acceptors (Lipinski definition) is 2. The Hall–Kier alpha value is -2.60. The van der Waals surface area contributed by atoms with Crippen molar-refractivity contribution in [3.8, 4) is 5.75 Å². The number of piperidine rings is 1. The molecule has 6 heteroatoms. The van der Waals surface area contributed by atoms with E-state index in [1.807, 2.05) is 29.2 Å². The van der Waals surface area contributed by atoms with E-state index in [-0.39, 0.29) is 17.9 Å². The monoisotopic (exact) mass is 386 g/mol. The first-order chi connectivity index (χ1) is 13.5. The predicted octanol–water partition coefficient (Wildman–Crippen LogP) is 2.22. The van der Waals surface area contributed by atoms with Crippen molar-refractivity contribution in [1.82, 2.24) is 10.2 Å². The molecule has 28 heavy (non-hydrogen) atoms. The third-order valence-corrected chi connectivity index (χ3v) is 5.38. The molecule has 3 rings (SSSR count). The third-order valence-electron chi connectivity index (χ3n) is 5.38. The predicted molar refractivity (Wildman–Crippen MR) is 107 cm³/mol. The number of nitrogens with zero attached hydrogens (tertiary/aromatic N) is 1. The molecule has 1 aliphatic rings. The lowest BCUT2D eigenvalue weighted by molar-refractivity contribution is -0.885. The molecule has 0 unspecified atom stereocenters. The van der Waals surface area contributed by atoms with E-state index in [0.29, 0.717) is 13.1 Å². The molecule has 0 bridgehead atoms. The number of quaternary nitrogens is 1. The highest BCUT2D eigenvalue weighted by atomic mass is 19.1. The van der Waals surface area contributed by atoms with Crippen LogP contribution in [0.5, 0.6) is 5.75 Å². The number of hydrogen-bond donors (Lipinski definition) is 2. The van der Waals surface area contributed by atoms with Gasteiger partial charge in [0.15, 0.2) is 0 Å². The first-order valence-corrected chi connectivity index (χ1v) is 9.78. The molecule has 1 saturated heterocycles. The van der Waals surface area contributed by atoms with Crippen molar-refractivity contribution >= 4 is 6.03 Å². The van der Waals surface area contributed by atoms with Crippen LogP contribution in [0.15, 0.2) is 48.5 Å². The molecule has 0 atom stereocenters. The molecule has 150 valence electrons. The second-order valence-electron chi connectivity index (χ2n) is 7.45. The fraction of sp³-hybridized carbons (Fsp3) is 0.409. The van der Waals surface area contributed by atoms with Gasteiger partial charge in [-0.1, -0.05) is 24.3 Å². The van der Waals surface area contributed by atoms with Crippen molar-refractivity contribution in [3.05, 3.63) is 65.5 Å². The first-order valence-electron chi connectivity index (χ1n) is 9.78. The maximum atomic E-state index is 13.2. The minimum atomic E-state index is -0.262. The van der Waals surface area contributed by atoms with Gasteiger partial charge in [-0.25, -0.2) is 9.18 Å². The van der Waals surface area contributed by atoms with Crippen LogP contribution in [-0.4, -0.2) is 44.2 Å². The Kier molecular flexibility index (Phi) is 6.87. The Balaban J connectivity index is 1.67. The molecule has 0 saturated carbocycles. The lowest BCUT2D eigenvalue weighted by Gasteiger charge is -2.36.